The van der Waals surface area contributed by atoms with Gasteiger partial charge in [-0.3, -0.25) is 4.79 Å². The van der Waals surface area contributed by atoms with Gasteiger partial charge in [-0.15, -0.1) is 0 Å². The molecule has 3 rings (SSSR count). The predicted molar refractivity (Wildman–Crippen MR) is 75.5 cm³/mol. The van der Waals surface area contributed by atoms with E-state index in [4.69, 9.17) is 16.3 Å². The number of hydrogen-bond acceptors (Lipinski definition) is 2. The SMILES string of the molecule is CC1Cc2ccc(Cl)cc2-c2cc(=O)[nH]cc2CO1. The van der Waals surface area contributed by atoms with Gasteiger partial charge in [-0.2, -0.15) is 0 Å². The van der Waals surface area contributed by atoms with E-state index in [1.54, 1.807) is 12.3 Å². The number of halogens is 1. The fraction of sp³-hybridized carbons (Fsp3) is 0.267. The minimum atomic E-state index is -0.113. The summed E-state index contributed by atoms with van der Waals surface area (Å²) in [6.07, 6.45) is 2.68. The normalized spacial score (nSPS) is 18.1. The third kappa shape index (κ3) is 2.44. The van der Waals surface area contributed by atoms with Crippen molar-refractivity contribution in [2.75, 3.05) is 0 Å². The maximum absolute atomic E-state index is 11.6. The molecule has 0 saturated heterocycles. The summed E-state index contributed by atoms with van der Waals surface area (Å²) < 4.78 is 5.78. The molecule has 1 unspecified atom stereocenters. The molecule has 19 heavy (non-hydrogen) atoms. The van der Waals surface area contributed by atoms with E-state index in [2.05, 4.69) is 11.9 Å². The van der Waals surface area contributed by atoms with Crippen molar-refractivity contribution in [1.29, 1.82) is 0 Å². The van der Waals surface area contributed by atoms with E-state index in [1.807, 2.05) is 18.2 Å². The highest BCUT2D eigenvalue weighted by Gasteiger charge is 2.17. The molecule has 0 fully saturated rings. The summed E-state index contributed by atoms with van der Waals surface area (Å²) in [5, 5.41) is 0.680. The van der Waals surface area contributed by atoms with Crippen molar-refractivity contribution in [2.24, 2.45) is 0 Å². The molecule has 0 radical (unpaired) electrons. The number of aromatic nitrogens is 1. The van der Waals surface area contributed by atoms with Crippen molar-refractivity contribution in [3.63, 3.8) is 0 Å². The molecule has 0 saturated carbocycles. The van der Waals surface area contributed by atoms with Gasteiger partial charge in [0.1, 0.15) is 0 Å². The number of hydrogen-bond donors (Lipinski definition) is 1. The molecule has 1 aliphatic rings. The smallest absolute Gasteiger partial charge is 0.248 e. The van der Waals surface area contributed by atoms with E-state index in [1.165, 1.54) is 0 Å². The highest BCUT2D eigenvalue weighted by atomic mass is 35.5. The molecule has 2 aromatic rings. The third-order valence-corrected chi connectivity index (χ3v) is 3.64. The molecule has 0 spiro atoms. The van der Waals surface area contributed by atoms with Crippen molar-refractivity contribution in [1.82, 2.24) is 4.98 Å². The van der Waals surface area contributed by atoms with E-state index < -0.39 is 0 Å². The lowest BCUT2D eigenvalue weighted by atomic mass is 9.93. The highest BCUT2D eigenvalue weighted by molar-refractivity contribution is 6.30. The molecule has 0 amide bonds. The second-order valence-electron chi connectivity index (χ2n) is 4.86. The number of rotatable bonds is 0. The van der Waals surface area contributed by atoms with Gasteiger partial charge in [0.25, 0.3) is 0 Å². The van der Waals surface area contributed by atoms with Crippen LogP contribution in [0.25, 0.3) is 11.1 Å². The minimum Gasteiger partial charge on any atom is -0.373 e. The van der Waals surface area contributed by atoms with Gasteiger partial charge in [-0.1, -0.05) is 17.7 Å². The van der Waals surface area contributed by atoms with Crippen LogP contribution in [0, 0.1) is 0 Å². The zero-order valence-electron chi connectivity index (χ0n) is 10.6. The standard InChI is InChI=1S/C15H14ClNO2/c1-9-4-10-2-3-12(16)5-13(10)14-6-15(18)17-7-11(14)8-19-9/h2-3,5-7,9H,4,8H2,1H3,(H,17,18). The fourth-order valence-corrected chi connectivity index (χ4v) is 2.62. The van der Waals surface area contributed by atoms with Crippen LogP contribution < -0.4 is 5.56 Å². The van der Waals surface area contributed by atoms with Crippen LogP contribution in [-0.4, -0.2) is 11.1 Å². The van der Waals surface area contributed by atoms with Crippen molar-refractivity contribution >= 4 is 11.6 Å². The van der Waals surface area contributed by atoms with Gasteiger partial charge in [0.05, 0.1) is 12.7 Å². The van der Waals surface area contributed by atoms with Crippen LogP contribution in [0.2, 0.25) is 5.02 Å². The van der Waals surface area contributed by atoms with E-state index in [0.29, 0.717) is 11.6 Å². The van der Waals surface area contributed by atoms with Gasteiger partial charge in [0, 0.05) is 22.8 Å². The number of pyridine rings is 1. The van der Waals surface area contributed by atoms with Gasteiger partial charge in [-0.25, -0.2) is 0 Å². The number of benzene rings is 1. The lowest BCUT2D eigenvalue weighted by Crippen LogP contribution is -2.17. The number of fused-ring (bicyclic) bond motifs is 3. The highest BCUT2D eigenvalue weighted by Crippen LogP contribution is 2.32. The Hall–Kier alpha value is -1.58. The average Bonchev–Trinajstić information content (AvgIpc) is 2.38. The number of ether oxygens (including phenoxy) is 1. The summed E-state index contributed by atoms with van der Waals surface area (Å²) in [5.74, 6) is 0. The van der Waals surface area contributed by atoms with Crippen LogP contribution in [-0.2, 0) is 17.8 Å². The molecule has 1 aromatic carbocycles. The van der Waals surface area contributed by atoms with E-state index in [-0.39, 0.29) is 11.7 Å². The Morgan fingerprint density at radius 3 is 2.89 bits per heavy atom. The largest absolute Gasteiger partial charge is 0.373 e. The predicted octanol–water partition coefficient (Wildman–Crippen LogP) is 3.16. The Kier molecular flexibility index (Phi) is 3.17. The molecule has 1 aromatic heterocycles. The van der Waals surface area contributed by atoms with Crippen LogP contribution in [0.15, 0.2) is 35.3 Å². The lowest BCUT2D eigenvalue weighted by molar-refractivity contribution is 0.0528. The summed E-state index contributed by atoms with van der Waals surface area (Å²) in [7, 11) is 0. The first-order valence-corrected chi connectivity index (χ1v) is 6.63. The molecule has 0 aliphatic carbocycles. The van der Waals surface area contributed by atoms with E-state index in [9.17, 15) is 4.79 Å². The number of aromatic amines is 1. The summed E-state index contributed by atoms with van der Waals surface area (Å²) in [5.41, 5.74) is 3.97. The second kappa shape index (κ2) is 4.83. The van der Waals surface area contributed by atoms with Crippen molar-refractivity contribution in [3.05, 3.63) is 57.0 Å². The monoisotopic (exact) mass is 275 g/mol. The topological polar surface area (TPSA) is 42.1 Å². The van der Waals surface area contributed by atoms with Gasteiger partial charge in [0.15, 0.2) is 0 Å². The van der Waals surface area contributed by atoms with Crippen LogP contribution in [0.1, 0.15) is 18.1 Å². The second-order valence-corrected chi connectivity index (χ2v) is 5.30. The lowest BCUT2D eigenvalue weighted by Gasteiger charge is -2.22. The number of nitrogens with one attached hydrogen (secondary N) is 1. The first kappa shape index (κ1) is 12.5. The molecule has 1 atom stereocenters. The fourth-order valence-electron chi connectivity index (χ4n) is 2.45. The molecular formula is C15H14ClNO2. The Morgan fingerprint density at radius 2 is 2.05 bits per heavy atom. The Labute approximate surface area is 116 Å². The van der Waals surface area contributed by atoms with Gasteiger partial charge < -0.3 is 9.72 Å². The maximum atomic E-state index is 11.6. The van der Waals surface area contributed by atoms with Crippen molar-refractivity contribution < 1.29 is 4.74 Å². The third-order valence-electron chi connectivity index (χ3n) is 3.40. The van der Waals surface area contributed by atoms with Crippen LogP contribution in [0.4, 0.5) is 0 Å². The number of H-pyrrole nitrogens is 1. The molecule has 2 heterocycles. The van der Waals surface area contributed by atoms with Crippen molar-refractivity contribution in [3.8, 4) is 11.1 Å². The van der Waals surface area contributed by atoms with E-state index in [0.717, 1.165) is 28.7 Å². The zero-order chi connectivity index (χ0) is 13.4. The van der Waals surface area contributed by atoms with Crippen LogP contribution >= 0.6 is 11.6 Å². The molecule has 3 nitrogen and oxygen atoms in total. The summed E-state index contributed by atoms with van der Waals surface area (Å²) in [6, 6.07) is 7.42. The Morgan fingerprint density at radius 1 is 1.26 bits per heavy atom. The first-order valence-electron chi connectivity index (χ1n) is 6.25. The Balaban J connectivity index is 2.27. The van der Waals surface area contributed by atoms with Crippen LogP contribution in [0.3, 0.4) is 0 Å². The summed E-state index contributed by atoms with van der Waals surface area (Å²) in [6.45, 7) is 2.55. The quantitative estimate of drug-likeness (QED) is 0.802. The van der Waals surface area contributed by atoms with Gasteiger partial charge >= 0.3 is 0 Å². The Bertz CT molecular complexity index is 678. The maximum Gasteiger partial charge on any atom is 0.248 e. The molecule has 1 aliphatic heterocycles. The molecular weight excluding hydrogens is 262 g/mol. The first-order chi connectivity index (χ1) is 9.13. The van der Waals surface area contributed by atoms with Gasteiger partial charge in [-0.05, 0) is 42.2 Å². The molecule has 1 N–H and O–H groups in total. The van der Waals surface area contributed by atoms with Crippen molar-refractivity contribution in [2.45, 2.75) is 26.1 Å². The average molecular weight is 276 g/mol. The molecule has 4 heteroatoms. The van der Waals surface area contributed by atoms with Gasteiger partial charge in [0.2, 0.25) is 5.56 Å². The summed E-state index contributed by atoms with van der Waals surface area (Å²) in [4.78, 5) is 14.3. The molecule has 98 valence electrons. The minimum absolute atomic E-state index is 0.113. The summed E-state index contributed by atoms with van der Waals surface area (Å²) >= 11 is 6.10. The zero-order valence-corrected chi connectivity index (χ0v) is 11.3. The van der Waals surface area contributed by atoms with Crippen LogP contribution in [0.5, 0.6) is 0 Å². The molecule has 0 bridgehead atoms. The van der Waals surface area contributed by atoms with E-state index >= 15 is 0 Å².